The van der Waals surface area contributed by atoms with Gasteiger partial charge in [0.1, 0.15) is 6.33 Å². The van der Waals surface area contributed by atoms with Crippen LogP contribution in [0.15, 0.2) is 12.5 Å². The SMILES string of the molecule is COc1cncnc1N1CCNC[C@@H]1C.Cl. The van der Waals surface area contributed by atoms with Crippen LogP contribution >= 0.6 is 12.4 Å². The Morgan fingerprint density at radius 3 is 3.06 bits per heavy atom. The molecule has 1 N–H and O–H groups in total. The lowest BCUT2D eigenvalue weighted by atomic mass is 10.2. The molecule has 90 valence electrons. The summed E-state index contributed by atoms with van der Waals surface area (Å²) in [6.07, 6.45) is 3.27. The van der Waals surface area contributed by atoms with Gasteiger partial charge >= 0.3 is 0 Å². The van der Waals surface area contributed by atoms with Crippen LogP contribution in [0.5, 0.6) is 5.75 Å². The molecule has 0 saturated carbocycles. The van der Waals surface area contributed by atoms with Crippen LogP contribution in [0, 0.1) is 0 Å². The topological polar surface area (TPSA) is 50.3 Å². The third-order valence-electron chi connectivity index (χ3n) is 2.65. The summed E-state index contributed by atoms with van der Waals surface area (Å²) in [5.41, 5.74) is 0. The van der Waals surface area contributed by atoms with Gasteiger partial charge in [0.15, 0.2) is 11.6 Å². The Labute approximate surface area is 102 Å². The lowest BCUT2D eigenvalue weighted by Gasteiger charge is -2.35. The van der Waals surface area contributed by atoms with Gasteiger partial charge in [0, 0.05) is 25.7 Å². The molecule has 1 aliphatic heterocycles. The fourth-order valence-electron chi connectivity index (χ4n) is 1.83. The van der Waals surface area contributed by atoms with Crippen LogP contribution in [0.25, 0.3) is 0 Å². The summed E-state index contributed by atoms with van der Waals surface area (Å²) in [4.78, 5) is 10.5. The van der Waals surface area contributed by atoms with Crippen molar-refractivity contribution < 1.29 is 4.74 Å². The fourth-order valence-corrected chi connectivity index (χ4v) is 1.83. The van der Waals surface area contributed by atoms with E-state index in [1.54, 1.807) is 19.6 Å². The second kappa shape index (κ2) is 5.86. The first-order valence-corrected chi connectivity index (χ1v) is 5.14. The number of anilines is 1. The summed E-state index contributed by atoms with van der Waals surface area (Å²) in [5, 5.41) is 3.35. The standard InChI is InChI=1S/C10H16N4O.ClH/c1-8-5-11-3-4-14(8)10-9(15-2)6-12-7-13-10;/h6-8,11H,3-5H2,1-2H3;1H/t8-;/m0./s1. The first kappa shape index (κ1) is 13.0. The maximum Gasteiger partial charge on any atom is 0.179 e. The first-order chi connectivity index (χ1) is 7.33. The molecule has 1 atom stereocenters. The van der Waals surface area contributed by atoms with Crippen LogP contribution in [-0.2, 0) is 0 Å². The number of aromatic nitrogens is 2. The normalized spacial score (nSPS) is 20.1. The van der Waals surface area contributed by atoms with Gasteiger partial charge in [-0.1, -0.05) is 0 Å². The van der Waals surface area contributed by atoms with E-state index in [-0.39, 0.29) is 12.4 Å². The second-order valence-corrected chi connectivity index (χ2v) is 3.66. The summed E-state index contributed by atoms with van der Waals surface area (Å²) in [6.45, 7) is 5.09. The van der Waals surface area contributed by atoms with Gasteiger partial charge in [-0.3, -0.25) is 0 Å². The largest absolute Gasteiger partial charge is 0.491 e. The number of ether oxygens (including phenoxy) is 1. The van der Waals surface area contributed by atoms with Gasteiger partial charge in [-0.25, -0.2) is 9.97 Å². The van der Waals surface area contributed by atoms with E-state index in [1.807, 2.05) is 0 Å². The summed E-state index contributed by atoms with van der Waals surface area (Å²) < 4.78 is 5.26. The molecule has 16 heavy (non-hydrogen) atoms. The molecular formula is C10H17ClN4O. The highest BCUT2D eigenvalue weighted by atomic mass is 35.5. The van der Waals surface area contributed by atoms with Gasteiger partial charge in [-0.15, -0.1) is 12.4 Å². The van der Waals surface area contributed by atoms with E-state index in [4.69, 9.17) is 4.74 Å². The summed E-state index contributed by atoms with van der Waals surface area (Å²) in [6, 6.07) is 0.433. The molecule has 1 aromatic rings. The maximum atomic E-state index is 5.26. The lowest BCUT2D eigenvalue weighted by molar-refractivity contribution is 0.404. The highest BCUT2D eigenvalue weighted by molar-refractivity contribution is 5.85. The third kappa shape index (κ3) is 2.54. The van der Waals surface area contributed by atoms with Crippen molar-refractivity contribution in [2.75, 3.05) is 31.6 Å². The Hall–Kier alpha value is -1.07. The smallest absolute Gasteiger partial charge is 0.179 e. The lowest BCUT2D eigenvalue weighted by Crippen LogP contribution is -2.50. The van der Waals surface area contributed by atoms with E-state index < -0.39 is 0 Å². The summed E-state index contributed by atoms with van der Waals surface area (Å²) >= 11 is 0. The molecule has 0 bridgehead atoms. The Kier molecular flexibility index (Phi) is 4.76. The molecule has 0 unspecified atom stereocenters. The monoisotopic (exact) mass is 244 g/mol. The minimum Gasteiger partial charge on any atom is -0.491 e. The Morgan fingerprint density at radius 1 is 1.56 bits per heavy atom. The number of piperazine rings is 1. The van der Waals surface area contributed by atoms with Gasteiger partial charge in [-0.2, -0.15) is 0 Å². The van der Waals surface area contributed by atoms with Gasteiger partial charge in [0.05, 0.1) is 13.3 Å². The Morgan fingerprint density at radius 2 is 2.38 bits per heavy atom. The third-order valence-corrected chi connectivity index (χ3v) is 2.65. The van der Waals surface area contributed by atoms with Crippen molar-refractivity contribution >= 4 is 18.2 Å². The van der Waals surface area contributed by atoms with E-state index >= 15 is 0 Å². The van der Waals surface area contributed by atoms with Crippen LogP contribution in [0.3, 0.4) is 0 Å². The molecule has 6 heteroatoms. The van der Waals surface area contributed by atoms with Crippen LogP contribution in [0.2, 0.25) is 0 Å². The fraction of sp³-hybridized carbons (Fsp3) is 0.600. The zero-order valence-electron chi connectivity index (χ0n) is 9.51. The van der Waals surface area contributed by atoms with Gasteiger partial charge in [0.25, 0.3) is 0 Å². The number of hydrogen-bond acceptors (Lipinski definition) is 5. The molecular weight excluding hydrogens is 228 g/mol. The number of halogens is 1. The molecule has 0 radical (unpaired) electrons. The highest BCUT2D eigenvalue weighted by Crippen LogP contribution is 2.25. The van der Waals surface area contributed by atoms with Crippen molar-refractivity contribution in [3.8, 4) is 5.75 Å². The molecule has 2 heterocycles. The average Bonchev–Trinajstić information content (AvgIpc) is 2.30. The molecule has 0 aromatic carbocycles. The van der Waals surface area contributed by atoms with Crippen molar-refractivity contribution in [2.24, 2.45) is 0 Å². The molecule has 1 aromatic heterocycles. The van der Waals surface area contributed by atoms with E-state index in [9.17, 15) is 0 Å². The molecule has 5 nitrogen and oxygen atoms in total. The molecule has 1 fully saturated rings. The van der Waals surface area contributed by atoms with Crippen molar-refractivity contribution in [3.05, 3.63) is 12.5 Å². The Balaban J connectivity index is 0.00000128. The van der Waals surface area contributed by atoms with Crippen LogP contribution in [-0.4, -0.2) is 42.8 Å². The number of methoxy groups -OCH3 is 1. The van der Waals surface area contributed by atoms with Gasteiger partial charge in [-0.05, 0) is 6.92 Å². The summed E-state index contributed by atoms with van der Waals surface area (Å²) in [7, 11) is 1.65. The van der Waals surface area contributed by atoms with Gasteiger partial charge < -0.3 is 15.0 Å². The molecule has 1 saturated heterocycles. The highest BCUT2D eigenvalue weighted by Gasteiger charge is 2.22. The second-order valence-electron chi connectivity index (χ2n) is 3.66. The molecule has 0 aliphatic carbocycles. The van der Waals surface area contributed by atoms with E-state index in [1.165, 1.54) is 0 Å². The van der Waals surface area contributed by atoms with Crippen molar-refractivity contribution in [2.45, 2.75) is 13.0 Å². The molecule has 2 rings (SSSR count). The zero-order chi connectivity index (χ0) is 10.7. The first-order valence-electron chi connectivity index (χ1n) is 5.14. The zero-order valence-corrected chi connectivity index (χ0v) is 10.3. The predicted octanol–water partition coefficient (Wildman–Crippen LogP) is 0.705. The van der Waals surface area contributed by atoms with Crippen LogP contribution in [0.1, 0.15) is 6.92 Å². The maximum absolute atomic E-state index is 5.26. The number of nitrogens with one attached hydrogen (secondary N) is 1. The number of nitrogens with zero attached hydrogens (tertiary/aromatic N) is 3. The van der Waals surface area contributed by atoms with Crippen molar-refractivity contribution in [1.29, 1.82) is 0 Å². The van der Waals surface area contributed by atoms with Gasteiger partial charge in [0.2, 0.25) is 0 Å². The van der Waals surface area contributed by atoms with Crippen molar-refractivity contribution in [1.82, 2.24) is 15.3 Å². The number of rotatable bonds is 2. The molecule has 0 amide bonds. The van der Waals surface area contributed by atoms with Crippen LogP contribution < -0.4 is 15.0 Å². The predicted molar refractivity (Wildman–Crippen MR) is 65.5 cm³/mol. The quantitative estimate of drug-likeness (QED) is 0.830. The molecule has 0 spiro atoms. The average molecular weight is 245 g/mol. The van der Waals surface area contributed by atoms with E-state index in [2.05, 4.69) is 27.1 Å². The van der Waals surface area contributed by atoms with Crippen LogP contribution in [0.4, 0.5) is 5.82 Å². The van der Waals surface area contributed by atoms with Crippen molar-refractivity contribution in [3.63, 3.8) is 0 Å². The van der Waals surface area contributed by atoms with E-state index in [0.29, 0.717) is 6.04 Å². The Bertz CT molecular complexity index is 336. The number of hydrogen-bond donors (Lipinski definition) is 1. The summed E-state index contributed by atoms with van der Waals surface area (Å²) in [5.74, 6) is 1.63. The molecule has 1 aliphatic rings. The minimum atomic E-state index is 0. The van der Waals surface area contributed by atoms with E-state index in [0.717, 1.165) is 31.2 Å². The minimum absolute atomic E-state index is 0.